The largest absolute Gasteiger partial charge is 0.508 e. The van der Waals surface area contributed by atoms with Crippen LogP contribution in [-0.2, 0) is 13.1 Å². The van der Waals surface area contributed by atoms with Crippen molar-refractivity contribution in [1.29, 1.82) is 0 Å². The number of phenolic OH excluding ortho intramolecular Hbond substituents is 1. The summed E-state index contributed by atoms with van der Waals surface area (Å²) in [5.41, 5.74) is 2.16. The molecule has 1 aromatic heterocycles. The fraction of sp³-hybridized carbons (Fsp3) is 0.471. The van der Waals surface area contributed by atoms with Gasteiger partial charge in [0.2, 0.25) is 0 Å². The molecule has 4 nitrogen and oxygen atoms in total. The van der Waals surface area contributed by atoms with E-state index in [-0.39, 0.29) is 4.87 Å². The maximum atomic E-state index is 11.8. The normalized spacial score (nSPS) is 14.6. The van der Waals surface area contributed by atoms with E-state index in [2.05, 4.69) is 4.90 Å². The second kappa shape index (κ2) is 6.67. The highest BCUT2D eigenvalue weighted by atomic mass is 32.1. The molecule has 3 rings (SSSR count). The van der Waals surface area contributed by atoms with E-state index in [0.717, 1.165) is 43.4 Å². The molecule has 1 aromatic carbocycles. The Morgan fingerprint density at radius 1 is 1.41 bits per heavy atom. The molecule has 1 heterocycles. The molecule has 0 spiro atoms. The van der Waals surface area contributed by atoms with E-state index in [1.807, 2.05) is 35.1 Å². The summed E-state index contributed by atoms with van der Waals surface area (Å²) in [5.74, 6) is 1.12. The Hall–Kier alpha value is -1.59. The second-order valence-corrected chi connectivity index (χ2v) is 6.96. The molecule has 0 unspecified atom stereocenters. The van der Waals surface area contributed by atoms with E-state index in [1.165, 1.54) is 24.2 Å². The molecule has 5 heteroatoms. The van der Waals surface area contributed by atoms with Crippen LogP contribution in [0.25, 0.3) is 0 Å². The van der Waals surface area contributed by atoms with Crippen LogP contribution in [0.1, 0.15) is 24.1 Å². The molecular formula is C17H22N2O2S. The van der Waals surface area contributed by atoms with Crippen LogP contribution in [0.2, 0.25) is 0 Å². The minimum absolute atomic E-state index is 0.126. The van der Waals surface area contributed by atoms with E-state index >= 15 is 0 Å². The fourth-order valence-electron chi connectivity index (χ4n) is 2.73. The van der Waals surface area contributed by atoms with Crippen LogP contribution in [0.4, 0.5) is 0 Å². The first kappa shape index (κ1) is 15.3. The number of rotatable bonds is 7. The zero-order chi connectivity index (χ0) is 15.5. The molecule has 0 atom stereocenters. The van der Waals surface area contributed by atoms with Crippen LogP contribution < -0.4 is 4.87 Å². The van der Waals surface area contributed by atoms with Crippen molar-refractivity contribution in [3.63, 3.8) is 0 Å². The second-order valence-electron chi connectivity index (χ2n) is 6.14. The van der Waals surface area contributed by atoms with Crippen molar-refractivity contribution in [2.75, 3.05) is 13.1 Å². The summed E-state index contributed by atoms with van der Waals surface area (Å²) >= 11 is 1.27. The Kier molecular flexibility index (Phi) is 4.64. The maximum absolute atomic E-state index is 11.8. The molecule has 118 valence electrons. The lowest BCUT2D eigenvalue weighted by atomic mass is 10.2. The number of hydrogen-bond acceptors (Lipinski definition) is 4. The van der Waals surface area contributed by atoms with Crippen LogP contribution in [0.15, 0.2) is 34.4 Å². The van der Waals surface area contributed by atoms with Gasteiger partial charge in [0.15, 0.2) is 0 Å². The van der Waals surface area contributed by atoms with Gasteiger partial charge in [-0.15, -0.1) is 0 Å². The molecule has 22 heavy (non-hydrogen) atoms. The standard InChI is InChI=1S/C17H22N2O2S/c1-13-12-22-17(21)19(13)8-7-18(10-14-5-6-14)11-15-3-2-4-16(20)9-15/h2-4,9,12,14,20H,5-8,10-11H2,1H3. The van der Waals surface area contributed by atoms with Crippen molar-refractivity contribution >= 4 is 11.3 Å². The van der Waals surface area contributed by atoms with Gasteiger partial charge in [0, 0.05) is 37.3 Å². The molecule has 1 aliphatic rings. The molecule has 0 amide bonds. The predicted molar refractivity (Wildman–Crippen MR) is 89.4 cm³/mol. The Balaban J connectivity index is 1.65. The van der Waals surface area contributed by atoms with Gasteiger partial charge in [-0.2, -0.15) is 0 Å². The van der Waals surface area contributed by atoms with Gasteiger partial charge in [-0.05, 0) is 43.4 Å². The average Bonchev–Trinajstić information content (AvgIpc) is 3.23. The third-order valence-corrected chi connectivity index (χ3v) is 5.03. The molecule has 1 aliphatic carbocycles. The van der Waals surface area contributed by atoms with Crippen molar-refractivity contribution in [1.82, 2.24) is 9.47 Å². The van der Waals surface area contributed by atoms with Crippen molar-refractivity contribution in [3.05, 3.63) is 50.6 Å². The molecule has 1 saturated carbocycles. The average molecular weight is 318 g/mol. The van der Waals surface area contributed by atoms with Crippen molar-refractivity contribution in [2.24, 2.45) is 5.92 Å². The highest BCUT2D eigenvalue weighted by Crippen LogP contribution is 2.30. The first-order chi connectivity index (χ1) is 10.6. The summed E-state index contributed by atoms with van der Waals surface area (Å²) in [7, 11) is 0. The quantitative estimate of drug-likeness (QED) is 0.854. The number of benzene rings is 1. The number of phenols is 1. The number of thiazole rings is 1. The van der Waals surface area contributed by atoms with E-state index in [0.29, 0.717) is 5.75 Å². The van der Waals surface area contributed by atoms with Crippen LogP contribution >= 0.6 is 11.3 Å². The minimum Gasteiger partial charge on any atom is -0.508 e. The summed E-state index contributed by atoms with van der Waals surface area (Å²) in [6.07, 6.45) is 2.63. The highest BCUT2D eigenvalue weighted by molar-refractivity contribution is 7.07. The summed E-state index contributed by atoms with van der Waals surface area (Å²) < 4.78 is 1.85. The van der Waals surface area contributed by atoms with Gasteiger partial charge in [0.25, 0.3) is 0 Å². The van der Waals surface area contributed by atoms with Crippen molar-refractivity contribution < 1.29 is 5.11 Å². The molecule has 1 N–H and O–H groups in total. The van der Waals surface area contributed by atoms with Gasteiger partial charge in [-0.25, -0.2) is 0 Å². The Morgan fingerprint density at radius 3 is 2.86 bits per heavy atom. The highest BCUT2D eigenvalue weighted by Gasteiger charge is 2.24. The lowest BCUT2D eigenvalue weighted by Crippen LogP contribution is -2.31. The van der Waals surface area contributed by atoms with Crippen LogP contribution in [-0.4, -0.2) is 27.7 Å². The number of aromatic hydroxyl groups is 1. The van der Waals surface area contributed by atoms with E-state index < -0.39 is 0 Å². The van der Waals surface area contributed by atoms with Gasteiger partial charge in [-0.1, -0.05) is 23.5 Å². The number of aryl methyl sites for hydroxylation is 1. The van der Waals surface area contributed by atoms with Crippen LogP contribution in [0.3, 0.4) is 0 Å². The molecule has 2 aromatic rings. The monoisotopic (exact) mass is 318 g/mol. The van der Waals surface area contributed by atoms with Gasteiger partial charge < -0.3 is 9.67 Å². The summed E-state index contributed by atoms with van der Waals surface area (Å²) in [5, 5.41) is 11.5. The van der Waals surface area contributed by atoms with Gasteiger partial charge in [0.05, 0.1) is 0 Å². The SMILES string of the molecule is Cc1csc(=O)n1CCN(Cc1cccc(O)c1)CC1CC1. The van der Waals surface area contributed by atoms with E-state index in [4.69, 9.17) is 0 Å². The van der Waals surface area contributed by atoms with Gasteiger partial charge in [0.1, 0.15) is 5.75 Å². The Morgan fingerprint density at radius 2 is 2.23 bits per heavy atom. The maximum Gasteiger partial charge on any atom is 0.307 e. The minimum atomic E-state index is 0.126. The lowest BCUT2D eigenvalue weighted by Gasteiger charge is -2.23. The van der Waals surface area contributed by atoms with Crippen molar-refractivity contribution in [2.45, 2.75) is 32.9 Å². The Labute approximate surface area is 134 Å². The third kappa shape index (κ3) is 3.99. The van der Waals surface area contributed by atoms with E-state index in [9.17, 15) is 9.90 Å². The number of nitrogens with zero attached hydrogens (tertiary/aromatic N) is 2. The zero-order valence-electron chi connectivity index (χ0n) is 12.9. The van der Waals surface area contributed by atoms with Crippen molar-refractivity contribution in [3.8, 4) is 5.75 Å². The molecule has 0 saturated heterocycles. The zero-order valence-corrected chi connectivity index (χ0v) is 13.7. The molecule has 0 bridgehead atoms. The summed E-state index contributed by atoms with van der Waals surface area (Å²) in [6.45, 7) is 5.48. The molecule has 0 aliphatic heterocycles. The number of hydrogen-bond donors (Lipinski definition) is 1. The summed E-state index contributed by atoms with van der Waals surface area (Å²) in [6, 6.07) is 7.44. The van der Waals surface area contributed by atoms with Gasteiger partial charge in [-0.3, -0.25) is 9.69 Å². The third-order valence-electron chi connectivity index (χ3n) is 4.15. The molecule has 1 fully saturated rings. The lowest BCUT2D eigenvalue weighted by molar-refractivity contribution is 0.243. The summed E-state index contributed by atoms with van der Waals surface area (Å²) in [4.78, 5) is 14.3. The first-order valence-corrected chi connectivity index (χ1v) is 8.65. The van der Waals surface area contributed by atoms with Gasteiger partial charge >= 0.3 is 4.87 Å². The Bertz CT molecular complexity index is 688. The molecule has 0 radical (unpaired) electrons. The fourth-order valence-corrected chi connectivity index (χ4v) is 3.49. The smallest absolute Gasteiger partial charge is 0.307 e. The number of aromatic nitrogens is 1. The predicted octanol–water partition coefficient (Wildman–Crippen LogP) is 2.84. The first-order valence-electron chi connectivity index (χ1n) is 7.77. The van der Waals surface area contributed by atoms with Crippen LogP contribution in [0.5, 0.6) is 5.75 Å². The van der Waals surface area contributed by atoms with Crippen LogP contribution in [0, 0.1) is 12.8 Å². The van der Waals surface area contributed by atoms with E-state index in [1.54, 1.807) is 6.07 Å². The molecular weight excluding hydrogens is 296 g/mol. The topological polar surface area (TPSA) is 45.5 Å².